The fourth-order valence-corrected chi connectivity index (χ4v) is 5.91. The Labute approximate surface area is 243 Å². The van der Waals surface area contributed by atoms with Crippen LogP contribution >= 0.6 is 23.4 Å². The van der Waals surface area contributed by atoms with E-state index in [9.17, 15) is 19.7 Å². The number of nitrogens with zero attached hydrogens (tertiary/aromatic N) is 6. The van der Waals surface area contributed by atoms with Crippen LogP contribution in [0, 0.1) is 16.0 Å². The monoisotopic (exact) mass is 584 g/mol. The zero-order chi connectivity index (χ0) is 28.7. The maximum Gasteiger partial charge on any atom is 0.286 e. The molecule has 0 N–H and O–H groups in total. The summed E-state index contributed by atoms with van der Waals surface area (Å²) in [6.07, 6.45) is 2.06. The number of rotatable bonds is 5. The normalized spacial score (nSPS) is 21.4. The van der Waals surface area contributed by atoms with Crippen LogP contribution in [0.4, 0.5) is 11.4 Å². The first-order chi connectivity index (χ1) is 19.8. The summed E-state index contributed by atoms with van der Waals surface area (Å²) in [7, 11) is 0. The topological polar surface area (TPSA) is 121 Å². The van der Waals surface area contributed by atoms with Crippen molar-refractivity contribution >= 4 is 69.2 Å². The van der Waals surface area contributed by atoms with Gasteiger partial charge >= 0.3 is 0 Å². The van der Waals surface area contributed by atoms with Crippen LogP contribution in [0.5, 0.6) is 0 Å². The molecule has 0 saturated heterocycles. The van der Waals surface area contributed by atoms with E-state index in [1.54, 1.807) is 35.4 Å². The minimum absolute atomic E-state index is 0.0367. The summed E-state index contributed by atoms with van der Waals surface area (Å²) in [5.74, 6) is -1.28. The fraction of sp³-hybridized carbons (Fsp3) is 0.138. The molecule has 3 aliphatic rings. The third kappa shape index (κ3) is 5.17. The maximum absolute atomic E-state index is 13.5. The number of aliphatic imine (C=N–C) groups is 1. The standard InChI is InChI=1S/C29H21ClN6O4S/c1-17-26(28(38)34(32-17)21-5-3-2-4-6-21)23-16-24(19-9-11-20(30)12-10-19)35(33-23)29-31-27(37)25(41-29)15-18-7-13-22(14-8-18)36(39)40/h2-15,24,26H,16H2,1H3/b25-15+. The molecular weight excluding hydrogens is 564 g/mol. The fourth-order valence-electron chi connectivity index (χ4n) is 4.87. The number of nitro groups is 1. The lowest BCUT2D eigenvalue weighted by Crippen LogP contribution is -2.32. The summed E-state index contributed by atoms with van der Waals surface area (Å²) in [5, 5.41) is 24.4. The summed E-state index contributed by atoms with van der Waals surface area (Å²) in [6.45, 7) is 1.81. The summed E-state index contributed by atoms with van der Waals surface area (Å²) in [6, 6.07) is 22.2. The van der Waals surface area contributed by atoms with Crippen LogP contribution < -0.4 is 5.01 Å². The molecule has 0 bridgehead atoms. The Morgan fingerprint density at radius 2 is 1.71 bits per heavy atom. The Morgan fingerprint density at radius 1 is 1.00 bits per heavy atom. The van der Waals surface area contributed by atoms with E-state index in [0.29, 0.717) is 44.2 Å². The van der Waals surface area contributed by atoms with Crippen LogP contribution in [0.1, 0.15) is 30.5 Å². The highest BCUT2D eigenvalue weighted by atomic mass is 35.5. The SMILES string of the molecule is CC1=NN(c2ccccc2)C(=O)C1C1=NN(C2=NC(=O)/C(=C\c3ccc([N+](=O)[O-])cc3)S2)C(c2ccc(Cl)cc2)C1. The van der Waals surface area contributed by atoms with E-state index in [-0.39, 0.29) is 17.6 Å². The number of halogens is 1. The number of hydrazone groups is 2. The molecule has 3 heterocycles. The van der Waals surface area contributed by atoms with Crippen molar-refractivity contribution in [3.8, 4) is 0 Å². The summed E-state index contributed by atoms with van der Waals surface area (Å²) >= 11 is 7.30. The quantitative estimate of drug-likeness (QED) is 0.204. The molecule has 0 aliphatic carbocycles. The largest absolute Gasteiger partial charge is 0.286 e. The third-order valence-electron chi connectivity index (χ3n) is 6.86. The predicted octanol–water partition coefficient (Wildman–Crippen LogP) is 6.06. The molecule has 3 aromatic carbocycles. The lowest BCUT2D eigenvalue weighted by atomic mass is 9.92. The van der Waals surface area contributed by atoms with Crippen molar-refractivity contribution in [3.05, 3.63) is 110 Å². The van der Waals surface area contributed by atoms with Gasteiger partial charge in [-0.05, 0) is 72.3 Å². The average Bonchev–Trinajstić information content (AvgIpc) is 3.64. The molecule has 0 aromatic heterocycles. The molecule has 0 radical (unpaired) electrons. The number of thioether (sulfide) groups is 1. The minimum Gasteiger partial charge on any atom is -0.271 e. The number of amidine groups is 1. The van der Waals surface area contributed by atoms with Crippen molar-refractivity contribution in [3.63, 3.8) is 0 Å². The maximum atomic E-state index is 13.5. The van der Waals surface area contributed by atoms with Crippen LogP contribution in [0.25, 0.3) is 6.08 Å². The van der Waals surface area contributed by atoms with E-state index in [0.717, 1.165) is 17.3 Å². The van der Waals surface area contributed by atoms with Crippen molar-refractivity contribution < 1.29 is 14.5 Å². The Balaban J connectivity index is 1.31. The van der Waals surface area contributed by atoms with Gasteiger partial charge in [0, 0.05) is 23.6 Å². The molecule has 41 heavy (non-hydrogen) atoms. The third-order valence-corrected chi connectivity index (χ3v) is 8.09. The van der Waals surface area contributed by atoms with Crippen LogP contribution in [-0.4, -0.2) is 38.3 Å². The molecule has 0 spiro atoms. The van der Waals surface area contributed by atoms with Gasteiger partial charge in [-0.25, -0.2) is 5.01 Å². The number of hydrogen-bond acceptors (Lipinski definition) is 8. The zero-order valence-electron chi connectivity index (χ0n) is 21.5. The van der Waals surface area contributed by atoms with Crippen LogP contribution in [-0.2, 0) is 9.59 Å². The molecule has 2 amide bonds. The molecule has 204 valence electrons. The molecule has 6 rings (SSSR count). The molecule has 0 fully saturated rings. The van der Waals surface area contributed by atoms with E-state index in [1.165, 1.54) is 17.1 Å². The van der Waals surface area contributed by atoms with Gasteiger partial charge in [0.1, 0.15) is 5.92 Å². The second kappa shape index (κ2) is 10.8. The lowest BCUT2D eigenvalue weighted by Gasteiger charge is -2.22. The number of para-hydroxylation sites is 1. The summed E-state index contributed by atoms with van der Waals surface area (Å²) < 4.78 is 0. The first kappa shape index (κ1) is 26.6. The van der Waals surface area contributed by atoms with E-state index < -0.39 is 16.7 Å². The van der Waals surface area contributed by atoms with Gasteiger partial charge < -0.3 is 0 Å². The highest BCUT2D eigenvalue weighted by Crippen LogP contribution is 2.41. The van der Waals surface area contributed by atoms with Crippen LogP contribution in [0.2, 0.25) is 5.02 Å². The lowest BCUT2D eigenvalue weighted by molar-refractivity contribution is -0.384. The van der Waals surface area contributed by atoms with E-state index >= 15 is 0 Å². The zero-order valence-corrected chi connectivity index (χ0v) is 23.1. The van der Waals surface area contributed by atoms with Gasteiger partial charge in [-0.2, -0.15) is 20.2 Å². The van der Waals surface area contributed by atoms with Gasteiger partial charge in [-0.15, -0.1) is 0 Å². The Morgan fingerprint density at radius 3 is 2.39 bits per heavy atom. The number of nitro benzene ring substituents is 1. The second-order valence-corrected chi connectivity index (χ2v) is 11.0. The number of benzene rings is 3. The van der Waals surface area contributed by atoms with Crippen LogP contribution in [0.15, 0.2) is 99.0 Å². The van der Waals surface area contributed by atoms with Crippen molar-refractivity contribution in [2.75, 3.05) is 5.01 Å². The molecule has 2 unspecified atom stereocenters. The molecular formula is C29H21ClN6O4S. The van der Waals surface area contributed by atoms with Crippen LogP contribution in [0.3, 0.4) is 0 Å². The van der Waals surface area contributed by atoms with Gasteiger partial charge in [0.2, 0.25) is 0 Å². The van der Waals surface area contributed by atoms with Crippen molar-refractivity contribution in [1.29, 1.82) is 0 Å². The first-order valence-electron chi connectivity index (χ1n) is 12.6. The molecule has 0 saturated carbocycles. The highest BCUT2D eigenvalue weighted by molar-refractivity contribution is 8.18. The van der Waals surface area contributed by atoms with Gasteiger partial charge in [-0.1, -0.05) is 41.9 Å². The van der Waals surface area contributed by atoms with E-state index in [1.807, 2.05) is 49.4 Å². The van der Waals surface area contributed by atoms with Crippen molar-refractivity contribution in [2.24, 2.45) is 21.1 Å². The summed E-state index contributed by atoms with van der Waals surface area (Å²) in [4.78, 5) is 41.6. The first-order valence-corrected chi connectivity index (χ1v) is 13.8. The molecule has 10 nitrogen and oxygen atoms in total. The van der Waals surface area contributed by atoms with E-state index in [2.05, 4.69) is 10.1 Å². The number of non-ortho nitro benzene ring substituents is 1. The van der Waals surface area contributed by atoms with Gasteiger partial charge in [0.25, 0.3) is 17.5 Å². The minimum atomic E-state index is -0.646. The summed E-state index contributed by atoms with van der Waals surface area (Å²) in [5.41, 5.74) is 3.42. The Hall–Kier alpha value is -4.61. The number of anilines is 1. The Kier molecular flexibility index (Phi) is 6.98. The van der Waals surface area contributed by atoms with Gasteiger partial charge in [-0.3, -0.25) is 19.7 Å². The highest BCUT2D eigenvalue weighted by Gasteiger charge is 2.44. The molecule has 2 atom stereocenters. The average molecular weight is 585 g/mol. The van der Waals surface area contributed by atoms with Crippen molar-refractivity contribution in [1.82, 2.24) is 5.01 Å². The number of hydrogen-bond donors (Lipinski definition) is 0. The van der Waals surface area contributed by atoms with Gasteiger partial charge in [0.05, 0.1) is 33.0 Å². The molecule has 12 heteroatoms. The molecule has 3 aromatic rings. The molecule has 3 aliphatic heterocycles. The predicted molar refractivity (Wildman–Crippen MR) is 160 cm³/mol. The smallest absolute Gasteiger partial charge is 0.271 e. The number of carbonyl (C=O) groups is 2. The number of amides is 2. The number of carbonyl (C=O) groups excluding carboxylic acids is 2. The van der Waals surface area contributed by atoms with E-state index in [4.69, 9.17) is 16.7 Å². The van der Waals surface area contributed by atoms with Crippen molar-refractivity contribution in [2.45, 2.75) is 19.4 Å². The second-order valence-electron chi connectivity index (χ2n) is 9.53. The van der Waals surface area contributed by atoms with Gasteiger partial charge in [0.15, 0.2) is 5.17 Å². The Bertz CT molecular complexity index is 1690.